The van der Waals surface area contributed by atoms with Crippen molar-refractivity contribution in [3.63, 3.8) is 0 Å². The first-order chi connectivity index (χ1) is 7.86. The van der Waals surface area contributed by atoms with Crippen molar-refractivity contribution in [1.29, 1.82) is 0 Å². The van der Waals surface area contributed by atoms with Gasteiger partial charge in [0, 0.05) is 5.56 Å². The molecule has 0 aromatic heterocycles. The second kappa shape index (κ2) is 5.69. The second-order valence-corrected chi connectivity index (χ2v) is 7.85. The van der Waals surface area contributed by atoms with Gasteiger partial charge in [-0.05, 0) is 24.1 Å². The van der Waals surface area contributed by atoms with E-state index in [0.29, 0.717) is 6.61 Å². The van der Waals surface area contributed by atoms with Crippen molar-refractivity contribution in [3.8, 4) is 5.75 Å². The molecule has 0 heterocycles. The normalized spacial score (nSPS) is 11.9. The van der Waals surface area contributed by atoms with Crippen molar-refractivity contribution in [2.24, 2.45) is 0 Å². The molecule has 0 unspecified atom stereocenters. The standard InChI is InChI=1S/C14H22O2Si/c1-14(2,3)12-9-7-8-11(10-15-4)13(12)16-17(5)6/h4,7-9,17H,10H2,1-3,5-6H3. The predicted molar refractivity (Wildman–Crippen MR) is 73.7 cm³/mol. The zero-order chi connectivity index (χ0) is 13.1. The zero-order valence-corrected chi connectivity index (χ0v) is 12.6. The van der Waals surface area contributed by atoms with Crippen LogP contribution < -0.4 is 4.43 Å². The summed E-state index contributed by atoms with van der Waals surface area (Å²) in [5, 5.41) is 0. The highest BCUT2D eigenvalue weighted by atomic mass is 28.3. The third-order valence-corrected chi connectivity index (χ3v) is 3.20. The highest BCUT2D eigenvalue weighted by Gasteiger charge is 2.21. The summed E-state index contributed by atoms with van der Waals surface area (Å²) in [5.74, 6) is 0.965. The van der Waals surface area contributed by atoms with E-state index in [2.05, 4.69) is 39.9 Å². The van der Waals surface area contributed by atoms with Crippen LogP contribution in [-0.4, -0.2) is 9.04 Å². The number of ether oxygens (including phenoxy) is 1. The Morgan fingerprint density at radius 3 is 2.35 bits per heavy atom. The maximum Gasteiger partial charge on any atom is 0.229 e. The number of hydrogen-bond acceptors (Lipinski definition) is 2. The van der Waals surface area contributed by atoms with E-state index < -0.39 is 9.04 Å². The fraction of sp³-hybridized carbons (Fsp3) is 0.500. The Balaban J connectivity index is 3.24. The van der Waals surface area contributed by atoms with Crippen molar-refractivity contribution < 1.29 is 9.16 Å². The Labute approximate surface area is 107 Å². The van der Waals surface area contributed by atoms with E-state index in [1.807, 2.05) is 12.1 Å². The van der Waals surface area contributed by atoms with Gasteiger partial charge in [0.15, 0.2) is 0 Å². The highest BCUT2D eigenvalue weighted by Crippen LogP contribution is 2.34. The zero-order valence-electron chi connectivity index (χ0n) is 11.4. The molecule has 1 rings (SSSR count). The molecule has 0 saturated heterocycles. The lowest BCUT2D eigenvalue weighted by atomic mass is 9.85. The van der Waals surface area contributed by atoms with Crippen molar-refractivity contribution in [2.45, 2.75) is 45.9 Å². The molecule has 0 N–H and O–H groups in total. The van der Waals surface area contributed by atoms with Crippen LogP contribution in [0.3, 0.4) is 0 Å². The average molecular weight is 250 g/mol. The second-order valence-electron chi connectivity index (χ2n) is 5.52. The van der Waals surface area contributed by atoms with Gasteiger partial charge in [0.05, 0.1) is 6.61 Å². The van der Waals surface area contributed by atoms with Crippen molar-refractivity contribution in [1.82, 2.24) is 0 Å². The van der Waals surface area contributed by atoms with Crippen LogP contribution in [0.4, 0.5) is 0 Å². The maximum absolute atomic E-state index is 6.06. The van der Waals surface area contributed by atoms with Crippen molar-refractivity contribution in [2.75, 3.05) is 0 Å². The SMILES string of the molecule is [CH]OCc1cccc(C(C)(C)C)c1O[SiH](C)C. The van der Waals surface area contributed by atoms with Gasteiger partial charge in [-0.25, -0.2) is 0 Å². The molecule has 2 radical (unpaired) electrons. The molecule has 1 aromatic rings. The van der Waals surface area contributed by atoms with Gasteiger partial charge in [-0.15, -0.1) is 0 Å². The topological polar surface area (TPSA) is 18.5 Å². The lowest BCUT2D eigenvalue weighted by Gasteiger charge is -2.26. The van der Waals surface area contributed by atoms with Crippen LogP contribution in [-0.2, 0) is 16.8 Å². The molecule has 2 nitrogen and oxygen atoms in total. The van der Waals surface area contributed by atoms with Crippen LogP contribution in [0, 0.1) is 7.11 Å². The van der Waals surface area contributed by atoms with Crippen LogP contribution in [0.15, 0.2) is 18.2 Å². The molecular formula is C14H22O2Si. The van der Waals surface area contributed by atoms with Crippen LogP contribution in [0.25, 0.3) is 0 Å². The predicted octanol–water partition coefficient (Wildman–Crippen LogP) is 3.53. The monoisotopic (exact) mass is 250 g/mol. The van der Waals surface area contributed by atoms with Gasteiger partial charge in [0.1, 0.15) is 12.9 Å². The molecule has 0 aliphatic heterocycles. The molecule has 0 saturated carbocycles. The summed E-state index contributed by atoms with van der Waals surface area (Å²) in [7, 11) is 4.03. The first-order valence-corrected chi connectivity index (χ1v) is 8.75. The maximum atomic E-state index is 6.06. The fourth-order valence-electron chi connectivity index (χ4n) is 1.75. The van der Waals surface area contributed by atoms with Gasteiger partial charge >= 0.3 is 0 Å². The summed E-state index contributed by atoms with van der Waals surface area (Å²) in [6, 6.07) is 6.16. The fourth-order valence-corrected chi connectivity index (χ4v) is 2.50. The van der Waals surface area contributed by atoms with Crippen molar-refractivity contribution in [3.05, 3.63) is 36.4 Å². The molecule has 0 aliphatic rings. The minimum atomic E-state index is -1.15. The number of hydrogen-bond donors (Lipinski definition) is 0. The first kappa shape index (κ1) is 14.3. The lowest BCUT2D eigenvalue weighted by molar-refractivity contribution is 0.226. The Kier molecular flexibility index (Phi) is 4.77. The van der Waals surface area contributed by atoms with Crippen LogP contribution in [0.1, 0.15) is 31.9 Å². The summed E-state index contributed by atoms with van der Waals surface area (Å²) < 4.78 is 10.8. The smallest absolute Gasteiger partial charge is 0.229 e. The van der Waals surface area contributed by atoms with Crippen molar-refractivity contribution >= 4 is 9.04 Å². The average Bonchev–Trinajstić information content (AvgIpc) is 2.18. The number of benzene rings is 1. The lowest BCUT2D eigenvalue weighted by Crippen LogP contribution is -2.19. The largest absolute Gasteiger partial charge is 0.547 e. The van der Waals surface area contributed by atoms with Gasteiger partial charge in [-0.2, -0.15) is 0 Å². The molecule has 0 amide bonds. The summed E-state index contributed by atoms with van der Waals surface area (Å²) in [6.07, 6.45) is 0. The van der Waals surface area contributed by atoms with E-state index in [1.54, 1.807) is 0 Å². The van der Waals surface area contributed by atoms with Crippen LogP contribution >= 0.6 is 0 Å². The van der Waals surface area contributed by atoms with Gasteiger partial charge in [-0.1, -0.05) is 39.0 Å². The Morgan fingerprint density at radius 2 is 1.88 bits per heavy atom. The molecule has 94 valence electrons. The quantitative estimate of drug-likeness (QED) is 0.761. The number of para-hydroxylation sites is 1. The van der Waals surface area contributed by atoms with Gasteiger partial charge in [0.2, 0.25) is 9.04 Å². The third kappa shape index (κ3) is 3.86. The Hall–Kier alpha value is -0.803. The van der Waals surface area contributed by atoms with E-state index in [1.165, 1.54) is 5.56 Å². The van der Waals surface area contributed by atoms with Gasteiger partial charge in [-0.3, -0.25) is 0 Å². The summed E-state index contributed by atoms with van der Waals surface area (Å²) in [6.45, 7) is 11.3. The molecule has 0 atom stereocenters. The molecule has 3 heteroatoms. The summed E-state index contributed by atoms with van der Waals surface area (Å²) in [5.41, 5.74) is 2.30. The van der Waals surface area contributed by atoms with E-state index in [4.69, 9.17) is 16.3 Å². The Morgan fingerprint density at radius 1 is 1.24 bits per heavy atom. The van der Waals surface area contributed by atoms with E-state index in [-0.39, 0.29) is 5.41 Å². The van der Waals surface area contributed by atoms with Gasteiger partial charge in [0.25, 0.3) is 0 Å². The van der Waals surface area contributed by atoms with E-state index in [9.17, 15) is 0 Å². The molecule has 0 fully saturated rings. The molecule has 0 bridgehead atoms. The van der Waals surface area contributed by atoms with Crippen LogP contribution in [0.5, 0.6) is 5.75 Å². The van der Waals surface area contributed by atoms with Gasteiger partial charge < -0.3 is 9.16 Å². The van der Waals surface area contributed by atoms with Crippen LogP contribution in [0.2, 0.25) is 13.1 Å². The molecular weight excluding hydrogens is 228 g/mol. The minimum absolute atomic E-state index is 0.0588. The molecule has 0 aliphatic carbocycles. The summed E-state index contributed by atoms with van der Waals surface area (Å²) in [4.78, 5) is 0. The highest BCUT2D eigenvalue weighted by molar-refractivity contribution is 6.49. The molecule has 0 spiro atoms. The van der Waals surface area contributed by atoms with E-state index >= 15 is 0 Å². The van der Waals surface area contributed by atoms with E-state index in [0.717, 1.165) is 11.3 Å². The Bertz CT molecular complexity index is 367. The minimum Gasteiger partial charge on any atom is -0.547 e. The molecule has 1 aromatic carbocycles. The molecule has 17 heavy (non-hydrogen) atoms. The number of rotatable bonds is 4. The summed E-state index contributed by atoms with van der Waals surface area (Å²) >= 11 is 0. The first-order valence-electron chi connectivity index (χ1n) is 5.97. The third-order valence-electron chi connectivity index (χ3n) is 2.50.